The second-order valence-corrected chi connectivity index (χ2v) is 4.44. The van der Waals surface area contributed by atoms with Gasteiger partial charge in [0.25, 0.3) is 0 Å². The average Bonchev–Trinajstić information content (AvgIpc) is 2.38. The Hall–Kier alpha value is -1.90. The molecule has 0 saturated carbocycles. The van der Waals surface area contributed by atoms with Gasteiger partial charge in [-0.25, -0.2) is 9.97 Å². The number of aryl methyl sites for hydroxylation is 3. The second kappa shape index (κ2) is 5.17. The Kier molecular flexibility index (Phi) is 3.60. The Balaban J connectivity index is 2.63. The van der Waals surface area contributed by atoms with Crippen molar-refractivity contribution in [3.63, 3.8) is 0 Å². The van der Waals surface area contributed by atoms with Crippen molar-refractivity contribution in [1.82, 2.24) is 9.97 Å². The van der Waals surface area contributed by atoms with Gasteiger partial charge in [0.2, 0.25) is 0 Å². The van der Waals surface area contributed by atoms with E-state index in [-0.39, 0.29) is 0 Å². The highest BCUT2D eigenvalue weighted by Gasteiger charge is 2.10. The molecule has 1 heterocycles. The zero-order valence-electron chi connectivity index (χ0n) is 11.4. The van der Waals surface area contributed by atoms with Crippen LogP contribution in [0.5, 0.6) is 0 Å². The highest BCUT2D eigenvalue weighted by molar-refractivity contribution is 5.65. The van der Waals surface area contributed by atoms with Gasteiger partial charge in [-0.1, -0.05) is 25.1 Å². The van der Waals surface area contributed by atoms with Crippen LogP contribution in [0.15, 0.2) is 24.3 Å². The van der Waals surface area contributed by atoms with Gasteiger partial charge >= 0.3 is 0 Å². The van der Waals surface area contributed by atoms with Crippen LogP contribution in [0.3, 0.4) is 0 Å². The topological polar surface area (TPSA) is 37.8 Å². The second-order valence-electron chi connectivity index (χ2n) is 4.44. The smallest absolute Gasteiger partial charge is 0.162 e. The van der Waals surface area contributed by atoms with E-state index in [1.807, 2.05) is 13.1 Å². The number of hydrogen-bond acceptors (Lipinski definition) is 3. The van der Waals surface area contributed by atoms with Gasteiger partial charge in [0.15, 0.2) is 5.82 Å². The molecule has 0 aliphatic rings. The third kappa shape index (κ3) is 2.35. The summed E-state index contributed by atoms with van der Waals surface area (Å²) in [5.41, 5.74) is 4.63. The van der Waals surface area contributed by atoms with Crippen LogP contribution in [0, 0.1) is 13.8 Å². The van der Waals surface area contributed by atoms with Crippen molar-refractivity contribution in [3.8, 4) is 11.4 Å². The largest absolute Gasteiger partial charge is 0.373 e. The molecule has 18 heavy (non-hydrogen) atoms. The summed E-state index contributed by atoms with van der Waals surface area (Å²) in [6.45, 7) is 6.31. The van der Waals surface area contributed by atoms with Crippen LogP contribution in [0.1, 0.15) is 23.7 Å². The third-order valence-electron chi connectivity index (χ3n) is 3.10. The lowest BCUT2D eigenvalue weighted by atomic mass is 10.0. The Labute approximate surface area is 108 Å². The molecule has 2 rings (SSSR count). The highest BCUT2D eigenvalue weighted by Crippen LogP contribution is 2.25. The molecule has 0 atom stereocenters. The number of aromatic nitrogens is 2. The molecule has 0 radical (unpaired) electrons. The number of nitrogens with zero attached hydrogens (tertiary/aromatic N) is 2. The SMILES string of the molecule is CCc1cc(NC)nc(-c2c(C)cccc2C)n1. The first-order valence-electron chi connectivity index (χ1n) is 6.28. The van der Waals surface area contributed by atoms with Crippen LogP contribution < -0.4 is 5.32 Å². The fourth-order valence-corrected chi connectivity index (χ4v) is 2.09. The summed E-state index contributed by atoms with van der Waals surface area (Å²) in [5.74, 6) is 1.69. The molecule has 1 aromatic heterocycles. The molecular formula is C15H19N3. The highest BCUT2D eigenvalue weighted by atomic mass is 15.0. The molecule has 2 aromatic rings. The first-order valence-corrected chi connectivity index (χ1v) is 6.28. The Bertz CT molecular complexity index is 519. The maximum absolute atomic E-state index is 4.64. The van der Waals surface area contributed by atoms with E-state index in [1.165, 1.54) is 11.1 Å². The van der Waals surface area contributed by atoms with E-state index in [2.05, 4.69) is 54.3 Å². The van der Waals surface area contributed by atoms with E-state index in [1.54, 1.807) is 0 Å². The van der Waals surface area contributed by atoms with Crippen molar-refractivity contribution in [2.75, 3.05) is 12.4 Å². The van der Waals surface area contributed by atoms with Gasteiger partial charge in [-0.2, -0.15) is 0 Å². The zero-order chi connectivity index (χ0) is 13.1. The van der Waals surface area contributed by atoms with E-state index in [0.29, 0.717) is 0 Å². The molecule has 1 aromatic carbocycles. The van der Waals surface area contributed by atoms with Gasteiger partial charge in [0.1, 0.15) is 5.82 Å². The summed E-state index contributed by atoms with van der Waals surface area (Å²) in [6.07, 6.45) is 0.912. The van der Waals surface area contributed by atoms with Crippen LogP contribution in [0.2, 0.25) is 0 Å². The fraction of sp³-hybridized carbons (Fsp3) is 0.333. The van der Waals surface area contributed by atoms with Gasteiger partial charge in [-0.15, -0.1) is 0 Å². The van der Waals surface area contributed by atoms with Gasteiger partial charge in [-0.3, -0.25) is 0 Å². The van der Waals surface area contributed by atoms with Crippen LogP contribution in [-0.2, 0) is 6.42 Å². The number of hydrogen-bond donors (Lipinski definition) is 1. The summed E-state index contributed by atoms with van der Waals surface area (Å²) in [7, 11) is 1.89. The summed E-state index contributed by atoms with van der Waals surface area (Å²) in [6, 6.07) is 8.26. The molecule has 0 fully saturated rings. The lowest BCUT2D eigenvalue weighted by Crippen LogP contribution is -2.02. The maximum Gasteiger partial charge on any atom is 0.162 e. The number of benzene rings is 1. The number of nitrogens with one attached hydrogen (secondary N) is 1. The van der Waals surface area contributed by atoms with E-state index in [0.717, 1.165) is 29.3 Å². The van der Waals surface area contributed by atoms with Gasteiger partial charge in [0.05, 0.1) is 0 Å². The number of anilines is 1. The van der Waals surface area contributed by atoms with E-state index in [4.69, 9.17) is 0 Å². The summed E-state index contributed by atoms with van der Waals surface area (Å²) >= 11 is 0. The van der Waals surface area contributed by atoms with Crippen LogP contribution in [0.4, 0.5) is 5.82 Å². The number of rotatable bonds is 3. The normalized spacial score (nSPS) is 10.4. The molecule has 3 nitrogen and oxygen atoms in total. The van der Waals surface area contributed by atoms with Crippen molar-refractivity contribution < 1.29 is 0 Å². The lowest BCUT2D eigenvalue weighted by Gasteiger charge is -2.11. The van der Waals surface area contributed by atoms with Crippen molar-refractivity contribution in [3.05, 3.63) is 41.1 Å². The molecule has 0 aliphatic carbocycles. The Morgan fingerprint density at radius 3 is 2.33 bits per heavy atom. The van der Waals surface area contributed by atoms with Crippen LogP contribution in [-0.4, -0.2) is 17.0 Å². The van der Waals surface area contributed by atoms with Gasteiger partial charge in [-0.05, 0) is 31.4 Å². The average molecular weight is 241 g/mol. The molecule has 0 spiro atoms. The van der Waals surface area contributed by atoms with E-state index >= 15 is 0 Å². The first kappa shape index (κ1) is 12.6. The maximum atomic E-state index is 4.64. The van der Waals surface area contributed by atoms with Crippen molar-refractivity contribution in [2.45, 2.75) is 27.2 Å². The lowest BCUT2D eigenvalue weighted by molar-refractivity contribution is 1.00. The molecule has 0 aliphatic heterocycles. The quantitative estimate of drug-likeness (QED) is 0.895. The van der Waals surface area contributed by atoms with Crippen LogP contribution in [0.25, 0.3) is 11.4 Å². The fourth-order valence-electron chi connectivity index (χ4n) is 2.09. The molecule has 3 heteroatoms. The molecule has 0 bridgehead atoms. The van der Waals surface area contributed by atoms with Crippen molar-refractivity contribution >= 4 is 5.82 Å². The standard InChI is InChI=1S/C15H19N3/c1-5-12-9-13(16-4)18-15(17-12)14-10(2)7-6-8-11(14)3/h6-9H,5H2,1-4H3,(H,16,17,18). The molecule has 0 saturated heterocycles. The first-order chi connectivity index (χ1) is 8.65. The van der Waals surface area contributed by atoms with Crippen molar-refractivity contribution in [2.24, 2.45) is 0 Å². The Morgan fingerprint density at radius 1 is 1.11 bits per heavy atom. The molecule has 1 N–H and O–H groups in total. The predicted octanol–water partition coefficient (Wildman–Crippen LogP) is 3.36. The minimum Gasteiger partial charge on any atom is -0.373 e. The van der Waals surface area contributed by atoms with E-state index in [9.17, 15) is 0 Å². The monoisotopic (exact) mass is 241 g/mol. The molecule has 0 amide bonds. The van der Waals surface area contributed by atoms with Crippen LogP contribution >= 0.6 is 0 Å². The van der Waals surface area contributed by atoms with E-state index < -0.39 is 0 Å². The van der Waals surface area contributed by atoms with Gasteiger partial charge in [0, 0.05) is 24.4 Å². The zero-order valence-corrected chi connectivity index (χ0v) is 11.4. The predicted molar refractivity (Wildman–Crippen MR) is 75.9 cm³/mol. The molecule has 94 valence electrons. The van der Waals surface area contributed by atoms with Crippen molar-refractivity contribution in [1.29, 1.82) is 0 Å². The summed E-state index contributed by atoms with van der Waals surface area (Å²) in [4.78, 5) is 9.21. The minimum atomic E-state index is 0.814. The Morgan fingerprint density at radius 2 is 1.78 bits per heavy atom. The molecular weight excluding hydrogens is 222 g/mol. The summed E-state index contributed by atoms with van der Waals surface area (Å²) in [5, 5.41) is 3.10. The minimum absolute atomic E-state index is 0.814. The van der Waals surface area contributed by atoms with Gasteiger partial charge < -0.3 is 5.32 Å². The summed E-state index contributed by atoms with van der Waals surface area (Å²) < 4.78 is 0. The third-order valence-corrected chi connectivity index (χ3v) is 3.10. The molecule has 0 unspecified atom stereocenters.